The van der Waals surface area contributed by atoms with Gasteiger partial charge >= 0.3 is 0 Å². The number of anilines is 1. The number of nitrogens with zero attached hydrogens (tertiary/aromatic N) is 5. The number of rotatable bonds is 3. The fourth-order valence-electron chi connectivity index (χ4n) is 4.46. The van der Waals surface area contributed by atoms with Crippen molar-refractivity contribution in [2.24, 2.45) is 7.05 Å². The van der Waals surface area contributed by atoms with Gasteiger partial charge in [-0.1, -0.05) is 12.1 Å². The number of benzene rings is 1. The molecule has 0 radical (unpaired) electrons. The van der Waals surface area contributed by atoms with Crippen molar-refractivity contribution in [3.8, 4) is 5.75 Å². The predicted molar refractivity (Wildman–Crippen MR) is 107 cm³/mol. The number of fused-ring (bicyclic) bond motifs is 1. The topological polar surface area (TPSA) is 88.9 Å². The van der Waals surface area contributed by atoms with Crippen molar-refractivity contribution >= 4 is 11.7 Å². The number of aromatic amines is 1. The number of Topliss-reactive ketones (excluding diaryl/α,β-unsaturated/α-hetero) is 1. The average Bonchev–Trinajstić information content (AvgIpc) is 3.36. The van der Waals surface area contributed by atoms with Gasteiger partial charge in [-0.2, -0.15) is 5.10 Å². The lowest BCUT2D eigenvalue weighted by Crippen LogP contribution is -2.44. The maximum Gasteiger partial charge on any atom is 0.227 e. The third-order valence-corrected chi connectivity index (χ3v) is 6.15. The molecule has 150 valence electrons. The van der Waals surface area contributed by atoms with E-state index in [9.17, 15) is 4.79 Å². The Balaban J connectivity index is 1.38. The Bertz CT molecular complexity index is 1080. The van der Waals surface area contributed by atoms with Crippen LogP contribution >= 0.6 is 0 Å². The lowest BCUT2D eigenvalue weighted by molar-refractivity contribution is 0.0538. The Labute approximate surface area is 168 Å². The summed E-state index contributed by atoms with van der Waals surface area (Å²) in [5, 5.41) is 16.2. The number of H-pyrrole nitrogens is 1. The Morgan fingerprint density at radius 3 is 2.86 bits per heavy atom. The Morgan fingerprint density at radius 1 is 1.24 bits per heavy atom. The second-order valence-corrected chi connectivity index (χ2v) is 8.12. The number of carbonyl (C=O) groups excluding carboxylic acids is 1. The summed E-state index contributed by atoms with van der Waals surface area (Å²) in [6.45, 7) is 5.43. The fraction of sp³-hybridized carbons (Fsp3) is 0.429. The number of nitrogens with one attached hydrogen (secondary N) is 1. The smallest absolute Gasteiger partial charge is 0.227 e. The first-order valence-electron chi connectivity index (χ1n) is 9.91. The van der Waals surface area contributed by atoms with Gasteiger partial charge in [-0.3, -0.25) is 9.89 Å². The Kier molecular flexibility index (Phi) is 3.97. The van der Waals surface area contributed by atoms with Gasteiger partial charge in [0.15, 0.2) is 5.78 Å². The van der Waals surface area contributed by atoms with E-state index in [0.717, 1.165) is 41.7 Å². The van der Waals surface area contributed by atoms with Crippen LogP contribution in [-0.4, -0.2) is 49.4 Å². The van der Waals surface area contributed by atoms with Crippen LogP contribution in [0.15, 0.2) is 24.3 Å². The highest BCUT2D eigenvalue weighted by Gasteiger charge is 2.46. The first-order chi connectivity index (χ1) is 14.0. The van der Waals surface area contributed by atoms with Gasteiger partial charge in [0.2, 0.25) is 5.95 Å². The molecule has 8 nitrogen and oxygen atoms in total. The molecule has 1 unspecified atom stereocenters. The molecule has 2 aromatic heterocycles. The number of ether oxygens (including phenoxy) is 1. The van der Waals surface area contributed by atoms with E-state index in [4.69, 9.17) is 4.74 Å². The van der Waals surface area contributed by atoms with Gasteiger partial charge < -0.3 is 14.2 Å². The third-order valence-electron chi connectivity index (χ3n) is 6.15. The highest BCUT2D eigenvalue weighted by molar-refractivity contribution is 6.00. The second kappa shape index (κ2) is 6.43. The molecule has 3 aromatic rings. The van der Waals surface area contributed by atoms with E-state index in [-0.39, 0.29) is 5.78 Å². The summed E-state index contributed by atoms with van der Waals surface area (Å²) in [7, 11) is 1.99. The summed E-state index contributed by atoms with van der Waals surface area (Å²) in [4.78, 5) is 14.8. The second-order valence-electron chi connectivity index (χ2n) is 8.12. The predicted octanol–water partition coefficient (Wildman–Crippen LogP) is 2.36. The van der Waals surface area contributed by atoms with E-state index >= 15 is 0 Å². The molecule has 0 aliphatic carbocycles. The van der Waals surface area contributed by atoms with Crippen LogP contribution in [0.25, 0.3) is 0 Å². The number of aryl methyl sites for hydroxylation is 2. The van der Waals surface area contributed by atoms with Gasteiger partial charge in [0, 0.05) is 37.7 Å². The van der Waals surface area contributed by atoms with Crippen molar-refractivity contribution < 1.29 is 9.53 Å². The summed E-state index contributed by atoms with van der Waals surface area (Å²) in [6.07, 6.45) is 1.87. The standard InChI is InChI=1S/C21H24N6O2/c1-13-16(14(2)23-22-13)10-19-24-25-20(26(19)3)27-9-8-21(12-27)11-17(28)15-6-4-5-7-18(15)29-21/h4-7H,8-12H2,1-3H3,(H,22,23). The number of carbonyl (C=O) groups is 1. The molecule has 4 heterocycles. The zero-order chi connectivity index (χ0) is 20.2. The molecular formula is C21H24N6O2. The largest absolute Gasteiger partial charge is 0.484 e. The number of aromatic nitrogens is 5. The quantitative estimate of drug-likeness (QED) is 0.736. The SMILES string of the molecule is Cc1n[nH]c(C)c1Cc1nnc(N2CCC3(CC(=O)c4ccccc4O3)C2)n1C. The molecule has 1 atom stereocenters. The maximum atomic E-state index is 12.7. The van der Waals surface area contributed by atoms with Crippen LogP contribution in [0.5, 0.6) is 5.75 Å². The molecule has 1 fully saturated rings. The number of ketones is 1. The van der Waals surface area contributed by atoms with Crippen LogP contribution < -0.4 is 9.64 Å². The molecule has 2 aliphatic rings. The van der Waals surface area contributed by atoms with Gasteiger partial charge in [0.05, 0.1) is 24.2 Å². The summed E-state index contributed by atoms with van der Waals surface area (Å²) in [6, 6.07) is 7.51. The molecule has 5 rings (SSSR count). The van der Waals surface area contributed by atoms with E-state index in [1.54, 1.807) is 0 Å². The van der Waals surface area contributed by atoms with Gasteiger partial charge in [0.25, 0.3) is 0 Å². The van der Waals surface area contributed by atoms with Crippen molar-refractivity contribution in [2.45, 2.75) is 38.7 Å². The monoisotopic (exact) mass is 392 g/mol. The molecule has 0 saturated carbocycles. The van der Waals surface area contributed by atoms with Gasteiger partial charge in [-0.15, -0.1) is 10.2 Å². The van der Waals surface area contributed by atoms with E-state index < -0.39 is 5.60 Å². The third kappa shape index (κ3) is 2.90. The summed E-state index contributed by atoms with van der Waals surface area (Å²) < 4.78 is 8.36. The normalized spacial score (nSPS) is 20.9. The Hall–Kier alpha value is -3.16. The maximum absolute atomic E-state index is 12.7. The van der Waals surface area contributed by atoms with Crippen LogP contribution in [0.4, 0.5) is 5.95 Å². The first-order valence-corrected chi connectivity index (χ1v) is 9.91. The van der Waals surface area contributed by atoms with E-state index in [1.165, 1.54) is 0 Å². The molecule has 1 aromatic carbocycles. The molecule has 0 bridgehead atoms. The number of para-hydroxylation sites is 1. The van der Waals surface area contributed by atoms with Crippen molar-refractivity contribution in [2.75, 3.05) is 18.0 Å². The first kappa shape index (κ1) is 17.9. The van der Waals surface area contributed by atoms with E-state index in [2.05, 4.69) is 25.3 Å². The molecule has 8 heteroatoms. The highest BCUT2D eigenvalue weighted by Crippen LogP contribution is 2.39. The lowest BCUT2D eigenvalue weighted by Gasteiger charge is -2.34. The zero-order valence-corrected chi connectivity index (χ0v) is 16.9. The van der Waals surface area contributed by atoms with Crippen LogP contribution in [0, 0.1) is 13.8 Å². The average molecular weight is 392 g/mol. The number of hydrogen-bond donors (Lipinski definition) is 1. The van der Waals surface area contributed by atoms with Crippen LogP contribution in [0.1, 0.15) is 46.0 Å². The van der Waals surface area contributed by atoms with Crippen LogP contribution in [0.2, 0.25) is 0 Å². The summed E-state index contributed by atoms with van der Waals surface area (Å²) >= 11 is 0. The molecule has 29 heavy (non-hydrogen) atoms. The Morgan fingerprint density at radius 2 is 2.07 bits per heavy atom. The van der Waals surface area contributed by atoms with E-state index in [0.29, 0.717) is 30.7 Å². The molecule has 1 saturated heterocycles. The fourth-order valence-corrected chi connectivity index (χ4v) is 4.46. The van der Waals surface area contributed by atoms with E-state index in [1.807, 2.05) is 49.7 Å². The minimum absolute atomic E-state index is 0.151. The molecule has 1 spiro atoms. The minimum Gasteiger partial charge on any atom is -0.484 e. The van der Waals surface area contributed by atoms with Gasteiger partial charge in [0.1, 0.15) is 17.2 Å². The van der Waals surface area contributed by atoms with Crippen molar-refractivity contribution in [1.29, 1.82) is 0 Å². The molecule has 2 aliphatic heterocycles. The van der Waals surface area contributed by atoms with Crippen LogP contribution in [0.3, 0.4) is 0 Å². The molecule has 0 amide bonds. The minimum atomic E-state index is -0.491. The summed E-state index contributed by atoms with van der Waals surface area (Å²) in [5.41, 5.74) is 3.39. The molecule has 1 N–H and O–H groups in total. The number of hydrogen-bond acceptors (Lipinski definition) is 6. The molecular weight excluding hydrogens is 368 g/mol. The van der Waals surface area contributed by atoms with Gasteiger partial charge in [-0.25, -0.2) is 0 Å². The lowest BCUT2D eigenvalue weighted by atomic mass is 9.89. The highest BCUT2D eigenvalue weighted by atomic mass is 16.5. The van der Waals surface area contributed by atoms with Crippen LogP contribution in [-0.2, 0) is 13.5 Å². The van der Waals surface area contributed by atoms with Crippen molar-refractivity contribution in [3.05, 3.63) is 52.6 Å². The summed E-state index contributed by atoms with van der Waals surface area (Å²) in [5.74, 6) is 2.54. The zero-order valence-electron chi connectivity index (χ0n) is 16.9. The van der Waals surface area contributed by atoms with Crippen molar-refractivity contribution in [3.63, 3.8) is 0 Å². The van der Waals surface area contributed by atoms with Crippen molar-refractivity contribution in [1.82, 2.24) is 25.0 Å². The van der Waals surface area contributed by atoms with Gasteiger partial charge in [-0.05, 0) is 26.0 Å².